The molecule has 1 N–H and O–H groups in total. The van der Waals surface area contributed by atoms with E-state index in [2.05, 4.69) is 15.5 Å². The van der Waals surface area contributed by atoms with E-state index in [1.165, 1.54) is 20.3 Å². The van der Waals surface area contributed by atoms with Crippen molar-refractivity contribution in [1.29, 1.82) is 0 Å². The van der Waals surface area contributed by atoms with Gasteiger partial charge in [0.15, 0.2) is 11.0 Å². The molecule has 0 unspecified atom stereocenters. The number of amides is 1. The van der Waals surface area contributed by atoms with Gasteiger partial charge < -0.3 is 14.8 Å². The summed E-state index contributed by atoms with van der Waals surface area (Å²) < 4.78 is 10.2. The lowest BCUT2D eigenvalue weighted by molar-refractivity contribution is 0.102. The maximum atomic E-state index is 12.1. The molecular weight excluding hydrogens is 282 g/mol. The fraction of sp³-hybridized carbons (Fsp3) is 0.154. The zero-order valence-corrected chi connectivity index (χ0v) is 11.6. The van der Waals surface area contributed by atoms with Crippen molar-refractivity contribution in [3.8, 4) is 11.5 Å². The monoisotopic (exact) mass is 293 g/mol. The number of benzene rings is 1. The second kappa shape index (κ2) is 6.21. The molecule has 1 heterocycles. The topological polar surface area (TPSA) is 73.3 Å². The minimum atomic E-state index is -0.348. The van der Waals surface area contributed by atoms with Gasteiger partial charge in [0.25, 0.3) is 5.91 Å². The van der Waals surface area contributed by atoms with Gasteiger partial charge in [0.1, 0.15) is 11.5 Å². The van der Waals surface area contributed by atoms with E-state index in [0.717, 1.165) is 0 Å². The maximum Gasteiger partial charge on any atom is 0.257 e. The van der Waals surface area contributed by atoms with Crippen molar-refractivity contribution in [2.24, 2.45) is 0 Å². The Morgan fingerprint density at radius 2 is 1.75 bits per heavy atom. The van der Waals surface area contributed by atoms with E-state index in [4.69, 9.17) is 21.1 Å². The summed E-state index contributed by atoms with van der Waals surface area (Å²) in [5.74, 6) is 1.01. The summed E-state index contributed by atoms with van der Waals surface area (Å²) in [5.41, 5.74) is 0.387. The molecule has 2 aromatic rings. The molecule has 7 heteroatoms. The number of hydrogen-bond donors (Lipinski definition) is 1. The number of methoxy groups -OCH3 is 2. The number of halogens is 1. The first kappa shape index (κ1) is 14.1. The molecule has 0 aliphatic rings. The quantitative estimate of drug-likeness (QED) is 0.937. The molecule has 0 bridgehead atoms. The van der Waals surface area contributed by atoms with Gasteiger partial charge in [-0.3, -0.25) is 4.79 Å². The van der Waals surface area contributed by atoms with Crippen LogP contribution in [0.2, 0.25) is 5.15 Å². The highest BCUT2D eigenvalue weighted by molar-refractivity contribution is 6.29. The Labute approximate surface area is 120 Å². The van der Waals surface area contributed by atoms with Gasteiger partial charge >= 0.3 is 0 Å². The molecule has 1 aromatic carbocycles. The minimum Gasteiger partial charge on any atom is -0.497 e. The molecule has 1 aromatic heterocycles. The van der Waals surface area contributed by atoms with E-state index in [9.17, 15) is 4.79 Å². The Kier molecular flexibility index (Phi) is 4.37. The smallest absolute Gasteiger partial charge is 0.257 e. The van der Waals surface area contributed by atoms with Gasteiger partial charge in [-0.25, -0.2) is 0 Å². The van der Waals surface area contributed by atoms with Gasteiger partial charge in [0, 0.05) is 11.6 Å². The number of carbonyl (C=O) groups excluding carboxylic acids is 1. The van der Waals surface area contributed by atoms with Crippen molar-refractivity contribution in [2.45, 2.75) is 0 Å². The van der Waals surface area contributed by atoms with Crippen LogP contribution in [0.25, 0.3) is 0 Å². The molecule has 0 saturated heterocycles. The summed E-state index contributed by atoms with van der Waals surface area (Å²) in [7, 11) is 3.03. The average molecular weight is 294 g/mol. The molecule has 20 heavy (non-hydrogen) atoms. The number of anilines is 1. The zero-order chi connectivity index (χ0) is 14.5. The van der Waals surface area contributed by atoms with Crippen LogP contribution in [0, 0.1) is 0 Å². The van der Waals surface area contributed by atoms with Crippen molar-refractivity contribution in [3.05, 3.63) is 41.0 Å². The van der Waals surface area contributed by atoms with E-state index >= 15 is 0 Å². The minimum absolute atomic E-state index is 0.256. The van der Waals surface area contributed by atoms with Crippen LogP contribution in [0.5, 0.6) is 11.5 Å². The Morgan fingerprint density at radius 1 is 1.10 bits per heavy atom. The number of carbonyl (C=O) groups is 1. The Morgan fingerprint density at radius 3 is 2.25 bits per heavy atom. The lowest BCUT2D eigenvalue weighted by atomic mass is 10.2. The summed E-state index contributed by atoms with van der Waals surface area (Å²) in [4.78, 5) is 12.1. The van der Waals surface area contributed by atoms with Crippen LogP contribution in [-0.2, 0) is 0 Å². The molecular formula is C13H12ClN3O3. The molecule has 0 aliphatic heterocycles. The van der Waals surface area contributed by atoms with Gasteiger partial charge in [0.05, 0.1) is 14.2 Å². The Bertz CT molecular complexity index is 595. The van der Waals surface area contributed by atoms with E-state index in [0.29, 0.717) is 22.9 Å². The Hall–Kier alpha value is -2.34. The molecule has 0 aliphatic carbocycles. The highest BCUT2D eigenvalue weighted by Crippen LogP contribution is 2.23. The third kappa shape index (κ3) is 3.36. The van der Waals surface area contributed by atoms with Crippen molar-refractivity contribution in [3.63, 3.8) is 0 Å². The summed E-state index contributed by atoms with van der Waals surface area (Å²) in [6.07, 6.45) is 0. The van der Waals surface area contributed by atoms with Gasteiger partial charge in [-0.05, 0) is 24.3 Å². The predicted octanol–water partition coefficient (Wildman–Crippen LogP) is 2.40. The number of rotatable bonds is 4. The van der Waals surface area contributed by atoms with Crippen LogP contribution in [0.3, 0.4) is 0 Å². The lowest BCUT2D eigenvalue weighted by Crippen LogP contribution is -2.13. The molecule has 104 valence electrons. The van der Waals surface area contributed by atoms with Crippen LogP contribution in [-0.4, -0.2) is 30.3 Å². The van der Waals surface area contributed by atoms with Crippen molar-refractivity contribution in [1.82, 2.24) is 10.2 Å². The average Bonchev–Trinajstić information content (AvgIpc) is 2.48. The molecule has 6 nitrogen and oxygen atoms in total. The Balaban J connectivity index is 2.22. The first-order valence-corrected chi connectivity index (χ1v) is 6.04. The first-order valence-electron chi connectivity index (χ1n) is 5.66. The second-order valence-electron chi connectivity index (χ2n) is 3.80. The molecule has 0 fully saturated rings. The molecule has 0 atom stereocenters. The van der Waals surface area contributed by atoms with Gasteiger partial charge in [0.2, 0.25) is 0 Å². The molecule has 0 spiro atoms. The van der Waals surface area contributed by atoms with Crippen LogP contribution < -0.4 is 14.8 Å². The number of aromatic nitrogens is 2. The largest absolute Gasteiger partial charge is 0.497 e. The number of hydrogen-bond acceptors (Lipinski definition) is 5. The van der Waals surface area contributed by atoms with Crippen LogP contribution in [0.15, 0.2) is 30.3 Å². The van der Waals surface area contributed by atoms with E-state index in [-0.39, 0.29) is 11.1 Å². The number of nitrogens with one attached hydrogen (secondary N) is 1. The summed E-state index contributed by atoms with van der Waals surface area (Å²) in [6, 6.07) is 7.97. The normalized spacial score (nSPS) is 9.95. The standard InChI is InChI=1S/C13H12ClN3O3/c1-19-9-5-8(6-10(7-9)20-2)13(18)15-12-4-3-11(14)16-17-12/h3-7H,1-2H3,(H,15,17,18). The van der Waals surface area contributed by atoms with Gasteiger partial charge in [-0.2, -0.15) is 0 Å². The van der Waals surface area contributed by atoms with Crippen molar-refractivity contribution in [2.75, 3.05) is 19.5 Å². The third-order valence-electron chi connectivity index (χ3n) is 2.49. The van der Waals surface area contributed by atoms with E-state index in [1.54, 1.807) is 24.3 Å². The molecule has 2 rings (SSSR count). The summed E-state index contributed by atoms with van der Waals surface area (Å²) in [5, 5.41) is 10.3. The molecule has 0 radical (unpaired) electrons. The van der Waals surface area contributed by atoms with Crippen LogP contribution in [0.4, 0.5) is 5.82 Å². The molecule has 1 amide bonds. The van der Waals surface area contributed by atoms with Crippen molar-refractivity contribution < 1.29 is 14.3 Å². The zero-order valence-electron chi connectivity index (χ0n) is 10.9. The fourth-order valence-electron chi connectivity index (χ4n) is 1.51. The van der Waals surface area contributed by atoms with Crippen LogP contribution >= 0.6 is 11.6 Å². The first-order chi connectivity index (χ1) is 9.62. The maximum absolute atomic E-state index is 12.1. The SMILES string of the molecule is COc1cc(OC)cc(C(=O)Nc2ccc(Cl)nn2)c1. The predicted molar refractivity (Wildman–Crippen MR) is 74.5 cm³/mol. The highest BCUT2D eigenvalue weighted by Gasteiger charge is 2.11. The molecule has 0 saturated carbocycles. The fourth-order valence-corrected chi connectivity index (χ4v) is 1.61. The third-order valence-corrected chi connectivity index (χ3v) is 2.69. The second-order valence-corrected chi connectivity index (χ2v) is 4.18. The summed E-state index contributed by atoms with van der Waals surface area (Å²) in [6.45, 7) is 0. The number of ether oxygens (including phenoxy) is 2. The van der Waals surface area contributed by atoms with Gasteiger partial charge in [-0.1, -0.05) is 11.6 Å². The van der Waals surface area contributed by atoms with Crippen molar-refractivity contribution >= 4 is 23.3 Å². The van der Waals surface area contributed by atoms with Crippen LogP contribution in [0.1, 0.15) is 10.4 Å². The number of nitrogens with zero attached hydrogens (tertiary/aromatic N) is 2. The van der Waals surface area contributed by atoms with E-state index < -0.39 is 0 Å². The highest BCUT2D eigenvalue weighted by atomic mass is 35.5. The lowest BCUT2D eigenvalue weighted by Gasteiger charge is -2.08. The summed E-state index contributed by atoms with van der Waals surface area (Å²) >= 11 is 5.62. The van der Waals surface area contributed by atoms with E-state index in [1.807, 2.05) is 0 Å². The van der Waals surface area contributed by atoms with Gasteiger partial charge in [-0.15, -0.1) is 10.2 Å².